The second-order valence-electron chi connectivity index (χ2n) is 6.58. The summed E-state index contributed by atoms with van der Waals surface area (Å²) in [5.74, 6) is -0.530. The second-order valence-corrected chi connectivity index (χ2v) is 9.48. The molecule has 0 fully saturated rings. The first-order valence-corrected chi connectivity index (χ1v) is 10.1. The van der Waals surface area contributed by atoms with Crippen molar-refractivity contribution in [1.29, 1.82) is 0 Å². The van der Waals surface area contributed by atoms with Crippen LogP contribution in [0, 0.1) is 0 Å². The van der Waals surface area contributed by atoms with Crippen molar-refractivity contribution in [1.82, 2.24) is 4.72 Å². The van der Waals surface area contributed by atoms with Crippen LogP contribution in [0.2, 0.25) is 15.1 Å². The quantitative estimate of drug-likeness (QED) is 0.711. The molecule has 2 N–H and O–H groups in total. The molecule has 0 saturated heterocycles. The third-order valence-electron chi connectivity index (χ3n) is 3.10. The van der Waals surface area contributed by atoms with Crippen molar-refractivity contribution in [3.05, 3.63) is 57.0 Å². The largest absolute Gasteiger partial charge is 0.321 e. The molecule has 26 heavy (non-hydrogen) atoms. The van der Waals surface area contributed by atoms with Gasteiger partial charge in [-0.15, -0.1) is 0 Å². The van der Waals surface area contributed by atoms with Crippen molar-refractivity contribution >= 4 is 56.4 Å². The summed E-state index contributed by atoms with van der Waals surface area (Å²) in [6, 6.07) is 8.62. The molecule has 0 bridgehead atoms. The Labute approximate surface area is 167 Å². The molecule has 0 unspecified atom stereocenters. The Balaban J connectivity index is 2.35. The molecule has 140 valence electrons. The van der Waals surface area contributed by atoms with Crippen LogP contribution in [0.25, 0.3) is 0 Å². The average molecular weight is 436 g/mol. The van der Waals surface area contributed by atoms with E-state index in [1.165, 1.54) is 24.3 Å². The molecule has 0 saturated carbocycles. The number of carbonyl (C=O) groups is 1. The van der Waals surface area contributed by atoms with E-state index in [-0.39, 0.29) is 20.5 Å². The number of halogens is 3. The number of amides is 1. The molecule has 2 rings (SSSR count). The van der Waals surface area contributed by atoms with Crippen LogP contribution in [0.5, 0.6) is 0 Å². The lowest BCUT2D eigenvalue weighted by Crippen LogP contribution is -2.40. The number of rotatable bonds is 4. The number of anilines is 1. The maximum atomic E-state index is 12.5. The van der Waals surface area contributed by atoms with Gasteiger partial charge in [-0.25, -0.2) is 13.1 Å². The minimum absolute atomic E-state index is 0.0165. The molecular weight excluding hydrogens is 419 g/mol. The fourth-order valence-electron chi connectivity index (χ4n) is 2.09. The normalized spacial score (nSPS) is 12.1. The lowest BCUT2D eigenvalue weighted by Gasteiger charge is -2.21. The molecule has 0 aromatic heterocycles. The minimum Gasteiger partial charge on any atom is -0.321 e. The first kappa shape index (κ1) is 21.0. The van der Waals surface area contributed by atoms with Crippen molar-refractivity contribution < 1.29 is 13.2 Å². The van der Waals surface area contributed by atoms with Gasteiger partial charge in [-0.2, -0.15) is 0 Å². The van der Waals surface area contributed by atoms with Gasteiger partial charge in [0.25, 0.3) is 5.91 Å². The van der Waals surface area contributed by atoms with Crippen molar-refractivity contribution in [2.45, 2.75) is 31.2 Å². The topological polar surface area (TPSA) is 75.3 Å². The second kappa shape index (κ2) is 7.74. The van der Waals surface area contributed by atoms with Crippen molar-refractivity contribution in [2.75, 3.05) is 5.32 Å². The molecule has 5 nitrogen and oxygen atoms in total. The summed E-state index contributed by atoms with van der Waals surface area (Å²) in [5, 5.41) is 3.33. The smallest absolute Gasteiger partial charge is 0.255 e. The first-order valence-electron chi connectivity index (χ1n) is 7.49. The molecule has 0 aliphatic heterocycles. The molecule has 0 heterocycles. The van der Waals surface area contributed by atoms with Gasteiger partial charge in [-0.3, -0.25) is 4.79 Å². The Kier molecular flexibility index (Phi) is 6.25. The molecule has 0 spiro atoms. The molecule has 0 atom stereocenters. The van der Waals surface area contributed by atoms with Crippen LogP contribution in [-0.4, -0.2) is 19.9 Å². The highest BCUT2D eigenvalue weighted by atomic mass is 35.5. The Hall–Kier alpha value is -1.31. The van der Waals surface area contributed by atoms with E-state index in [0.29, 0.717) is 10.7 Å². The summed E-state index contributed by atoms with van der Waals surface area (Å²) in [5.41, 5.74) is -0.222. The van der Waals surface area contributed by atoms with Gasteiger partial charge in [0.15, 0.2) is 0 Å². The van der Waals surface area contributed by atoms with Gasteiger partial charge in [0, 0.05) is 16.1 Å². The predicted octanol–water partition coefficient (Wildman–Crippen LogP) is 4.98. The van der Waals surface area contributed by atoms with Gasteiger partial charge in [0.2, 0.25) is 10.0 Å². The fraction of sp³-hybridized carbons (Fsp3) is 0.235. The number of hydrogen-bond donors (Lipinski definition) is 2. The highest BCUT2D eigenvalue weighted by Crippen LogP contribution is 2.27. The zero-order valence-electron chi connectivity index (χ0n) is 14.2. The molecule has 2 aromatic rings. The summed E-state index contributed by atoms with van der Waals surface area (Å²) in [6.45, 7) is 5.12. The zero-order valence-corrected chi connectivity index (χ0v) is 17.3. The molecule has 2 aromatic carbocycles. The van der Waals surface area contributed by atoms with Gasteiger partial charge in [-0.1, -0.05) is 34.8 Å². The number of benzene rings is 2. The van der Waals surface area contributed by atoms with Gasteiger partial charge < -0.3 is 5.32 Å². The van der Waals surface area contributed by atoms with Crippen LogP contribution in [-0.2, 0) is 10.0 Å². The summed E-state index contributed by atoms with van der Waals surface area (Å²) in [6.07, 6.45) is 0. The van der Waals surface area contributed by atoms with Crippen LogP contribution in [0.4, 0.5) is 5.69 Å². The van der Waals surface area contributed by atoms with E-state index in [2.05, 4.69) is 10.0 Å². The lowest BCUT2D eigenvalue weighted by atomic mass is 10.1. The maximum absolute atomic E-state index is 12.5. The zero-order chi connectivity index (χ0) is 19.7. The van der Waals surface area contributed by atoms with Crippen LogP contribution in [0.15, 0.2) is 41.3 Å². The predicted molar refractivity (Wildman–Crippen MR) is 106 cm³/mol. The Bertz CT molecular complexity index is 954. The highest BCUT2D eigenvalue weighted by molar-refractivity contribution is 7.89. The monoisotopic (exact) mass is 434 g/mol. The molecule has 0 radical (unpaired) electrons. The minimum atomic E-state index is -3.90. The fourth-order valence-corrected chi connectivity index (χ4v) is 4.49. The third-order valence-corrected chi connectivity index (χ3v) is 5.89. The number of hydrogen-bond acceptors (Lipinski definition) is 3. The number of sulfonamides is 1. The van der Waals surface area contributed by atoms with E-state index in [4.69, 9.17) is 34.8 Å². The first-order chi connectivity index (χ1) is 11.9. The Morgan fingerprint density at radius 1 is 0.962 bits per heavy atom. The average Bonchev–Trinajstić information content (AvgIpc) is 2.47. The van der Waals surface area contributed by atoms with E-state index in [1.54, 1.807) is 32.9 Å². The van der Waals surface area contributed by atoms with E-state index in [9.17, 15) is 13.2 Å². The van der Waals surface area contributed by atoms with Crippen molar-refractivity contribution in [3.63, 3.8) is 0 Å². The van der Waals surface area contributed by atoms with Gasteiger partial charge >= 0.3 is 0 Å². The van der Waals surface area contributed by atoms with Crippen LogP contribution < -0.4 is 10.0 Å². The Morgan fingerprint density at radius 2 is 1.62 bits per heavy atom. The van der Waals surface area contributed by atoms with E-state index < -0.39 is 21.5 Å². The summed E-state index contributed by atoms with van der Waals surface area (Å²) >= 11 is 17.9. The molecule has 9 heteroatoms. The molecule has 0 aliphatic carbocycles. The van der Waals surface area contributed by atoms with Gasteiger partial charge in [0.1, 0.15) is 4.90 Å². The van der Waals surface area contributed by atoms with E-state index >= 15 is 0 Å². The number of carbonyl (C=O) groups excluding carboxylic acids is 1. The van der Waals surface area contributed by atoms with Gasteiger partial charge in [0.05, 0.1) is 15.7 Å². The summed E-state index contributed by atoms with van der Waals surface area (Å²) in [7, 11) is -3.90. The van der Waals surface area contributed by atoms with E-state index in [0.717, 1.165) is 0 Å². The van der Waals surface area contributed by atoms with Crippen molar-refractivity contribution in [3.8, 4) is 0 Å². The molecule has 1 amide bonds. The summed E-state index contributed by atoms with van der Waals surface area (Å²) < 4.78 is 27.6. The molecule has 0 aliphatic rings. The van der Waals surface area contributed by atoms with Crippen LogP contribution >= 0.6 is 34.8 Å². The summed E-state index contributed by atoms with van der Waals surface area (Å²) in [4.78, 5) is 12.3. The maximum Gasteiger partial charge on any atom is 0.255 e. The third kappa shape index (κ3) is 5.34. The Morgan fingerprint density at radius 3 is 2.19 bits per heavy atom. The highest BCUT2D eigenvalue weighted by Gasteiger charge is 2.25. The van der Waals surface area contributed by atoms with Gasteiger partial charge in [-0.05, 0) is 57.2 Å². The van der Waals surface area contributed by atoms with Crippen LogP contribution in [0.3, 0.4) is 0 Å². The molecular formula is C17H17Cl3N2O3S. The van der Waals surface area contributed by atoms with Crippen LogP contribution in [0.1, 0.15) is 31.1 Å². The van der Waals surface area contributed by atoms with E-state index in [1.807, 2.05) is 0 Å². The lowest BCUT2D eigenvalue weighted by molar-refractivity contribution is 0.102. The number of nitrogens with one attached hydrogen (secondary N) is 2. The van der Waals surface area contributed by atoms with Crippen molar-refractivity contribution in [2.24, 2.45) is 0 Å². The SMILES string of the molecule is CC(C)(C)NS(=O)(=O)c1cc(C(=O)Nc2ccc(Cl)cc2Cl)ccc1Cl. The standard InChI is InChI=1S/C17H17Cl3N2O3S/c1-17(2,3)22-26(24,25)15-8-10(4-6-12(15)19)16(23)21-14-7-5-11(18)9-13(14)20/h4-9,22H,1-3H3,(H,21,23).